The summed E-state index contributed by atoms with van der Waals surface area (Å²) in [6.45, 7) is 10.8. The summed E-state index contributed by atoms with van der Waals surface area (Å²) in [6, 6.07) is 4.69. The van der Waals surface area contributed by atoms with Crippen LogP contribution in [0.3, 0.4) is 0 Å². The summed E-state index contributed by atoms with van der Waals surface area (Å²) in [5, 5.41) is 2.75. The van der Waals surface area contributed by atoms with Gasteiger partial charge in [-0.05, 0) is 31.4 Å². The molecule has 2 amide bonds. The van der Waals surface area contributed by atoms with Gasteiger partial charge in [0.1, 0.15) is 5.60 Å². The number of ether oxygens (including phenoxy) is 1. The van der Waals surface area contributed by atoms with E-state index in [2.05, 4.69) is 5.32 Å². The van der Waals surface area contributed by atoms with Gasteiger partial charge in [0.05, 0.1) is 6.54 Å². The fourth-order valence-corrected chi connectivity index (χ4v) is 3.05. The Hall–Kier alpha value is -2.37. The molecule has 1 aliphatic rings. The van der Waals surface area contributed by atoms with Crippen LogP contribution in [0.4, 0.5) is 5.69 Å². The highest BCUT2D eigenvalue weighted by Gasteiger charge is 2.43. The topological polar surface area (TPSA) is 75.7 Å². The zero-order valence-corrected chi connectivity index (χ0v) is 15.7. The van der Waals surface area contributed by atoms with Crippen LogP contribution in [0.15, 0.2) is 18.2 Å². The fraction of sp³-hybridized carbons (Fsp3) is 0.526. The maximum atomic E-state index is 12.7. The lowest BCUT2D eigenvalue weighted by Gasteiger charge is -2.42. The van der Waals surface area contributed by atoms with Crippen molar-refractivity contribution in [2.75, 3.05) is 11.9 Å². The molecule has 1 saturated heterocycles. The van der Waals surface area contributed by atoms with E-state index in [1.807, 2.05) is 26.0 Å². The smallest absolute Gasteiger partial charge is 0.334 e. The summed E-state index contributed by atoms with van der Waals surface area (Å²) in [6.07, 6.45) is 0. The number of esters is 1. The van der Waals surface area contributed by atoms with E-state index in [0.29, 0.717) is 17.8 Å². The molecule has 0 aromatic heterocycles. The third-order valence-electron chi connectivity index (χ3n) is 4.21. The van der Waals surface area contributed by atoms with E-state index in [1.165, 1.54) is 18.7 Å². The number of amides is 2. The Balaban J connectivity index is 2.59. The average Bonchev–Trinajstić information content (AvgIpc) is 2.45. The number of nitrogens with zero attached hydrogens (tertiary/aromatic N) is 1. The van der Waals surface area contributed by atoms with Gasteiger partial charge < -0.3 is 15.0 Å². The van der Waals surface area contributed by atoms with Gasteiger partial charge in [-0.25, -0.2) is 4.79 Å². The molecule has 0 aliphatic carbocycles. The molecule has 0 saturated carbocycles. The molecule has 6 heteroatoms. The van der Waals surface area contributed by atoms with Crippen molar-refractivity contribution in [1.29, 1.82) is 0 Å². The first kappa shape index (κ1) is 19.0. The number of nitrogens with one attached hydrogen (secondary N) is 1. The van der Waals surface area contributed by atoms with Crippen molar-refractivity contribution in [2.45, 2.75) is 59.1 Å². The number of carbonyl (C=O) groups excluding carboxylic acids is 3. The lowest BCUT2D eigenvalue weighted by molar-refractivity contribution is -0.182. The number of morpholine rings is 1. The SMILES string of the molecule is CC(=O)Nc1ccc(C(C)C)cc1C1C(=O)OC(C)(C)CN1C(C)=O. The lowest BCUT2D eigenvalue weighted by Crippen LogP contribution is -2.54. The molecule has 0 spiro atoms. The van der Waals surface area contributed by atoms with Crippen molar-refractivity contribution in [3.63, 3.8) is 0 Å². The molecule has 136 valence electrons. The van der Waals surface area contributed by atoms with Crippen LogP contribution in [0.2, 0.25) is 0 Å². The van der Waals surface area contributed by atoms with Crippen LogP contribution in [0.1, 0.15) is 64.6 Å². The van der Waals surface area contributed by atoms with Crippen LogP contribution < -0.4 is 5.32 Å². The Kier molecular flexibility index (Phi) is 5.20. The first-order valence-corrected chi connectivity index (χ1v) is 8.43. The van der Waals surface area contributed by atoms with Gasteiger partial charge in [-0.2, -0.15) is 0 Å². The molecule has 25 heavy (non-hydrogen) atoms. The molecule has 6 nitrogen and oxygen atoms in total. The minimum atomic E-state index is -0.869. The second-order valence-electron chi connectivity index (χ2n) is 7.41. The van der Waals surface area contributed by atoms with Crippen LogP contribution in [0.25, 0.3) is 0 Å². The molecule has 1 atom stereocenters. The highest BCUT2D eigenvalue weighted by Crippen LogP contribution is 2.37. The maximum absolute atomic E-state index is 12.7. The Bertz CT molecular complexity index is 709. The van der Waals surface area contributed by atoms with Crippen molar-refractivity contribution >= 4 is 23.5 Å². The van der Waals surface area contributed by atoms with Gasteiger partial charge in [-0.1, -0.05) is 26.0 Å². The van der Waals surface area contributed by atoms with E-state index in [1.54, 1.807) is 19.9 Å². The van der Waals surface area contributed by atoms with Crippen LogP contribution in [-0.2, 0) is 19.1 Å². The van der Waals surface area contributed by atoms with Crippen LogP contribution in [0, 0.1) is 0 Å². The van der Waals surface area contributed by atoms with Crippen molar-refractivity contribution in [1.82, 2.24) is 4.90 Å². The monoisotopic (exact) mass is 346 g/mol. The molecular weight excluding hydrogens is 320 g/mol. The predicted molar refractivity (Wildman–Crippen MR) is 95.1 cm³/mol. The molecule has 1 unspecified atom stereocenters. The Morgan fingerprint density at radius 2 is 1.92 bits per heavy atom. The van der Waals surface area contributed by atoms with E-state index in [4.69, 9.17) is 4.74 Å². The van der Waals surface area contributed by atoms with Crippen molar-refractivity contribution in [3.05, 3.63) is 29.3 Å². The Morgan fingerprint density at radius 3 is 2.44 bits per heavy atom. The van der Waals surface area contributed by atoms with E-state index in [0.717, 1.165) is 5.56 Å². The lowest BCUT2D eigenvalue weighted by atomic mass is 9.93. The van der Waals surface area contributed by atoms with Crippen molar-refractivity contribution in [3.8, 4) is 0 Å². The number of anilines is 1. The van der Waals surface area contributed by atoms with Gasteiger partial charge in [-0.3, -0.25) is 9.59 Å². The molecule has 0 radical (unpaired) electrons. The van der Waals surface area contributed by atoms with Gasteiger partial charge >= 0.3 is 5.97 Å². The van der Waals surface area contributed by atoms with Gasteiger partial charge in [0.2, 0.25) is 11.8 Å². The average molecular weight is 346 g/mol. The number of carbonyl (C=O) groups is 3. The first-order valence-electron chi connectivity index (χ1n) is 8.43. The second kappa shape index (κ2) is 6.86. The summed E-state index contributed by atoms with van der Waals surface area (Å²) in [7, 11) is 0. The molecule has 1 fully saturated rings. The molecular formula is C19H26N2O4. The first-order chi connectivity index (χ1) is 11.5. The number of hydrogen-bond donors (Lipinski definition) is 1. The summed E-state index contributed by atoms with van der Waals surface area (Å²) >= 11 is 0. The summed E-state index contributed by atoms with van der Waals surface area (Å²) in [4.78, 5) is 38.0. The van der Waals surface area contributed by atoms with Gasteiger partial charge in [-0.15, -0.1) is 0 Å². The number of hydrogen-bond acceptors (Lipinski definition) is 4. The van der Waals surface area contributed by atoms with E-state index in [-0.39, 0.29) is 17.7 Å². The fourth-order valence-electron chi connectivity index (χ4n) is 3.05. The Labute approximate surface area is 148 Å². The van der Waals surface area contributed by atoms with E-state index >= 15 is 0 Å². The summed E-state index contributed by atoms with van der Waals surface area (Å²) in [5.74, 6) is -0.693. The number of rotatable bonds is 3. The third-order valence-corrected chi connectivity index (χ3v) is 4.21. The maximum Gasteiger partial charge on any atom is 0.334 e. The van der Waals surface area contributed by atoms with Crippen molar-refractivity contribution in [2.24, 2.45) is 0 Å². The van der Waals surface area contributed by atoms with Gasteiger partial charge in [0.15, 0.2) is 6.04 Å². The van der Waals surface area contributed by atoms with E-state index in [9.17, 15) is 14.4 Å². The largest absolute Gasteiger partial charge is 0.456 e. The highest BCUT2D eigenvalue weighted by atomic mass is 16.6. The molecule has 1 N–H and O–H groups in total. The molecule has 0 bridgehead atoms. The van der Waals surface area contributed by atoms with Crippen LogP contribution in [0.5, 0.6) is 0 Å². The summed E-state index contributed by atoms with van der Waals surface area (Å²) < 4.78 is 5.54. The zero-order chi connectivity index (χ0) is 18.9. The zero-order valence-electron chi connectivity index (χ0n) is 15.7. The number of benzene rings is 1. The standard InChI is InChI=1S/C19H26N2O4/c1-11(2)14-7-8-16(20-12(3)22)15(9-14)17-18(24)25-19(5,6)10-21(17)13(4)23/h7-9,11,17H,10H2,1-6H3,(H,20,22). The van der Waals surface area contributed by atoms with Gasteiger partial charge in [0, 0.05) is 25.1 Å². The van der Waals surface area contributed by atoms with E-state index < -0.39 is 17.6 Å². The quantitative estimate of drug-likeness (QED) is 0.854. The van der Waals surface area contributed by atoms with Crippen molar-refractivity contribution < 1.29 is 19.1 Å². The molecule has 1 aromatic carbocycles. The molecule has 1 aromatic rings. The Morgan fingerprint density at radius 1 is 1.28 bits per heavy atom. The van der Waals surface area contributed by atoms with Crippen LogP contribution >= 0.6 is 0 Å². The third kappa shape index (κ3) is 4.18. The molecule has 2 rings (SSSR count). The minimum absolute atomic E-state index is 0.210. The molecule has 1 heterocycles. The van der Waals surface area contributed by atoms with Gasteiger partial charge in [0.25, 0.3) is 0 Å². The molecule has 1 aliphatic heterocycles. The number of cyclic esters (lactones) is 1. The second-order valence-corrected chi connectivity index (χ2v) is 7.41. The minimum Gasteiger partial charge on any atom is -0.456 e. The highest BCUT2D eigenvalue weighted by molar-refractivity contribution is 5.93. The normalized spacial score (nSPS) is 19.6. The van der Waals surface area contributed by atoms with Crippen LogP contribution in [-0.4, -0.2) is 34.8 Å². The predicted octanol–water partition coefficient (Wildman–Crippen LogP) is 2.99. The summed E-state index contributed by atoms with van der Waals surface area (Å²) in [5.41, 5.74) is 1.37.